The standard InChI is InChI=1S/C27H29F3N2O5.H3N/c28-27(29,30)20-9-13-22(14-10-20)37-16-24(33)32-15-1-2-23(32)25(34)31-21-11-7-18(8-12-21)17-3-5-19(6-4-17)26(35)36;/h3-6,9-10,13-14,18,21,23H,1-2,7-8,11-12,15-16H2,(H,31,34)(H,35,36);1H3/t18?,21?,23-;/m1./s1. The molecule has 1 atom stereocenters. The third-order valence-corrected chi connectivity index (χ3v) is 7.12. The first kappa shape index (κ1) is 29.0. The van der Waals surface area contributed by atoms with Gasteiger partial charge in [-0.2, -0.15) is 13.2 Å². The Morgan fingerprint density at radius 3 is 2.16 bits per heavy atom. The average Bonchev–Trinajstić information content (AvgIpc) is 3.38. The molecular weight excluding hydrogens is 503 g/mol. The zero-order valence-electron chi connectivity index (χ0n) is 20.9. The Labute approximate surface area is 218 Å². The van der Waals surface area contributed by atoms with Crippen molar-refractivity contribution < 1.29 is 37.4 Å². The molecule has 1 aliphatic heterocycles. The SMILES string of the molecule is N.O=C(O)c1ccc(C2CCC(NC(=O)[C@H]3CCCN3C(=O)COc3ccc(C(F)(F)F)cc3)CC2)cc1. The Morgan fingerprint density at radius 1 is 0.947 bits per heavy atom. The molecule has 2 aliphatic rings. The van der Waals surface area contributed by atoms with Gasteiger partial charge in [0.15, 0.2) is 6.61 Å². The van der Waals surface area contributed by atoms with Crippen LogP contribution in [-0.2, 0) is 15.8 Å². The minimum atomic E-state index is -4.45. The second-order valence-electron chi connectivity index (χ2n) is 9.54. The summed E-state index contributed by atoms with van der Waals surface area (Å²) >= 11 is 0. The summed E-state index contributed by atoms with van der Waals surface area (Å²) in [6.07, 6.45) is 0.0878. The summed E-state index contributed by atoms with van der Waals surface area (Å²) in [6, 6.07) is 10.5. The molecule has 11 heteroatoms. The molecule has 1 heterocycles. The van der Waals surface area contributed by atoms with Gasteiger partial charge in [0.1, 0.15) is 11.8 Å². The minimum absolute atomic E-state index is 0. The lowest BCUT2D eigenvalue weighted by Crippen LogP contribution is -2.50. The zero-order valence-corrected chi connectivity index (χ0v) is 20.9. The van der Waals surface area contributed by atoms with Crippen LogP contribution in [0.15, 0.2) is 48.5 Å². The maximum absolute atomic E-state index is 13.0. The van der Waals surface area contributed by atoms with Gasteiger partial charge in [0, 0.05) is 12.6 Å². The van der Waals surface area contributed by atoms with Crippen LogP contribution in [0.4, 0.5) is 13.2 Å². The van der Waals surface area contributed by atoms with Gasteiger partial charge in [-0.3, -0.25) is 9.59 Å². The molecule has 5 N–H and O–H groups in total. The highest BCUT2D eigenvalue weighted by Gasteiger charge is 2.36. The fraction of sp³-hybridized carbons (Fsp3) is 0.444. The van der Waals surface area contributed by atoms with E-state index in [1.54, 1.807) is 12.1 Å². The molecule has 4 rings (SSSR count). The van der Waals surface area contributed by atoms with E-state index >= 15 is 0 Å². The number of nitrogens with zero attached hydrogens (tertiary/aromatic N) is 1. The van der Waals surface area contributed by atoms with Crippen LogP contribution >= 0.6 is 0 Å². The van der Waals surface area contributed by atoms with Crippen molar-refractivity contribution in [2.24, 2.45) is 0 Å². The highest BCUT2D eigenvalue weighted by Crippen LogP contribution is 2.33. The number of rotatable bonds is 7. The largest absolute Gasteiger partial charge is 0.484 e. The number of hydrogen-bond donors (Lipinski definition) is 3. The van der Waals surface area contributed by atoms with E-state index in [0.717, 1.165) is 43.4 Å². The summed E-state index contributed by atoms with van der Waals surface area (Å²) in [7, 11) is 0. The van der Waals surface area contributed by atoms with E-state index < -0.39 is 23.8 Å². The lowest BCUT2D eigenvalue weighted by atomic mass is 9.81. The average molecular weight is 536 g/mol. The van der Waals surface area contributed by atoms with Gasteiger partial charge in [0.25, 0.3) is 5.91 Å². The number of likely N-dealkylation sites (tertiary alicyclic amines) is 1. The van der Waals surface area contributed by atoms with Gasteiger partial charge in [-0.15, -0.1) is 0 Å². The van der Waals surface area contributed by atoms with Gasteiger partial charge in [0.2, 0.25) is 5.91 Å². The highest BCUT2D eigenvalue weighted by atomic mass is 19.4. The molecule has 2 aromatic carbocycles. The molecule has 8 nitrogen and oxygen atoms in total. The number of carbonyl (C=O) groups is 3. The van der Waals surface area contributed by atoms with E-state index in [1.807, 2.05) is 12.1 Å². The molecule has 1 aliphatic carbocycles. The summed E-state index contributed by atoms with van der Waals surface area (Å²) < 4.78 is 43.5. The van der Waals surface area contributed by atoms with Crippen LogP contribution in [0.1, 0.15) is 65.9 Å². The van der Waals surface area contributed by atoms with Crippen molar-refractivity contribution >= 4 is 17.8 Å². The Balaban J connectivity index is 0.00000400. The number of amides is 2. The van der Waals surface area contributed by atoms with Crippen LogP contribution in [0.2, 0.25) is 0 Å². The van der Waals surface area contributed by atoms with E-state index in [9.17, 15) is 27.6 Å². The third kappa shape index (κ3) is 7.03. The first-order chi connectivity index (χ1) is 17.6. The highest BCUT2D eigenvalue weighted by molar-refractivity contribution is 5.89. The van der Waals surface area contributed by atoms with E-state index in [1.165, 1.54) is 17.0 Å². The van der Waals surface area contributed by atoms with Crippen molar-refractivity contribution in [2.75, 3.05) is 13.2 Å². The lowest BCUT2D eigenvalue weighted by Gasteiger charge is -2.31. The molecule has 0 radical (unpaired) electrons. The summed E-state index contributed by atoms with van der Waals surface area (Å²) in [5.74, 6) is -1.08. The lowest BCUT2D eigenvalue weighted by molar-refractivity contribution is -0.140. The summed E-state index contributed by atoms with van der Waals surface area (Å²) in [6.45, 7) is 0.0628. The number of alkyl halides is 3. The molecule has 2 aromatic rings. The van der Waals surface area contributed by atoms with Crippen molar-refractivity contribution in [1.82, 2.24) is 16.4 Å². The van der Waals surface area contributed by atoms with Gasteiger partial charge >= 0.3 is 12.1 Å². The Kier molecular flexibility index (Phi) is 9.37. The van der Waals surface area contributed by atoms with Crippen LogP contribution in [-0.4, -0.2) is 53.0 Å². The number of carboxylic acid groups (broad SMARTS) is 1. The van der Waals surface area contributed by atoms with Crippen molar-refractivity contribution in [3.05, 3.63) is 65.2 Å². The van der Waals surface area contributed by atoms with Crippen LogP contribution in [0.5, 0.6) is 5.75 Å². The molecule has 2 fully saturated rings. The quantitative estimate of drug-likeness (QED) is 0.468. The van der Waals surface area contributed by atoms with Gasteiger partial charge < -0.3 is 26.2 Å². The fourth-order valence-electron chi connectivity index (χ4n) is 5.07. The predicted octanol–water partition coefficient (Wildman–Crippen LogP) is 4.78. The van der Waals surface area contributed by atoms with Crippen LogP contribution in [0.25, 0.3) is 0 Å². The van der Waals surface area contributed by atoms with Gasteiger partial charge in [-0.05, 0) is 86.4 Å². The molecule has 206 valence electrons. The minimum Gasteiger partial charge on any atom is -0.484 e. The molecule has 0 aromatic heterocycles. The third-order valence-electron chi connectivity index (χ3n) is 7.12. The fourth-order valence-corrected chi connectivity index (χ4v) is 5.07. The monoisotopic (exact) mass is 535 g/mol. The molecule has 1 saturated heterocycles. The molecule has 2 amide bonds. The number of halogens is 3. The van der Waals surface area contributed by atoms with Gasteiger partial charge in [0.05, 0.1) is 11.1 Å². The van der Waals surface area contributed by atoms with E-state index in [-0.39, 0.29) is 41.9 Å². The number of carbonyl (C=O) groups excluding carboxylic acids is 2. The maximum atomic E-state index is 13.0. The predicted molar refractivity (Wildman–Crippen MR) is 133 cm³/mol. The van der Waals surface area contributed by atoms with Crippen LogP contribution in [0.3, 0.4) is 0 Å². The molecule has 0 spiro atoms. The van der Waals surface area contributed by atoms with Crippen LogP contribution in [0, 0.1) is 0 Å². The molecular formula is C27H32F3N3O5. The number of carboxylic acids is 1. The molecule has 1 saturated carbocycles. The summed E-state index contributed by atoms with van der Waals surface area (Å²) in [5, 5.41) is 12.1. The topological polar surface area (TPSA) is 131 Å². The van der Waals surface area contributed by atoms with Crippen molar-refractivity contribution in [3.8, 4) is 5.75 Å². The van der Waals surface area contributed by atoms with E-state index in [4.69, 9.17) is 9.84 Å². The number of aromatic carboxylic acids is 1. The Hall–Kier alpha value is -3.60. The zero-order chi connectivity index (χ0) is 26.6. The van der Waals surface area contributed by atoms with Gasteiger partial charge in [-0.1, -0.05) is 12.1 Å². The summed E-state index contributed by atoms with van der Waals surface area (Å²) in [5.41, 5.74) is 0.549. The van der Waals surface area contributed by atoms with Crippen molar-refractivity contribution in [3.63, 3.8) is 0 Å². The second kappa shape index (κ2) is 12.3. The number of hydrogen-bond acceptors (Lipinski definition) is 5. The van der Waals surface area contributed by atoms with E-state index in [2.05, 4.69) is 5.32 Å². The first-order valence-electron chi connectivity index (χ1n) is 12.3. The molecule has 0 bridgehead atoms. The molecule has 38 heavy (non-hydrogen) atoms. The maximum Gasteiger partial charge on any atom is 0.416 e. The van der Waals surface area contributed by atoms with Gasteiger partial charge in [-0.25, -0.2) is 4.79 Å². The Morgan fingerprint density at radius 2 is 1.58 bits per heavy atom. The second-order valence-corrected chi connectivity index (χ2v) is 9.54. The van der Waals surface area contributed by atoms with Crippen molar-refractivity contribution in [2.45, 2.75) is 62.7 Å². The normalized spacial score (nSPS) is 21.3. The smallest absolute Gasteiger partial charge is 0.416 e. The first-order valence-corrected chi connectivity index (χ1v) is 12.3. The number of benzene rings is 2. The van der Waals surface area contributed by atoms with Crippen LogP contribution < -0.4 is 16.2 Å². The van der Waals surface area contributed by atoms with Crippen molar-refractivity contribution in [1.29, 1.82) is 0 Å². The Bertz CT molecular complexity index is 1110. The number of nitrogens with one attached hydrogen (secondary N) is 1. The van der Waals surface area contributed by atoms with E-state index in [0.29, 0.717) is 25.3 Å². The summed E-state index contributed by atoms with van der Waals surface area (Å²) in [4.78, 5) is 38.2. The number of ether oxygens (including phenoxy) is 1. The molecule has 0 unspecified atom stereocenters.